The van der Waals surface area contributed by atoms with Crippen molar-refractivity contribution in [3.05, 3.63) is 29.8 Å². The van der Waals surface area contributed by atoms with Gasteiger partial charge in [0.1, 0.15) is 11.8 Å². The second kappa shape index (κ2) is 6.12. The summed E-state index contributed by atoms with van der Waals surface area (Å²) in [5.74, 6) is -0.0429. The molecule has 0 aliphatic heterocycles. The third-order valence-corrected chi connectivity index (χ3v) is 2.40. The molecule has 0 aromatic heterocycles. The van der Waals surface area contributed by atoms with Gasteiger partial charge < -0.3 is 15.2 Å². The number of para-hydroxylation sites is 1. The normalized spacial score (nSPS) is 12.1. The molecule has 0 aliphatic carbocycles. The van der Waals surface area contributed by atoms with Gasteiger partial charge in [-0.1, -0.05) is 18.2 Å². The van der Waals surface area contributed by atoms with Gasteiger partial charge in [0.05, 0.1) is 6.61 Å². The van der Waals surface area contributed by atoms with Gasteiger partial charge in [-0.15, -0.1) is 0 Å². The van der Waals surface area contributed by atoms with Crippen LogP contribution >= 0.6 is 0 Å². The van der Waals surface area contributed by atoms with E-state index in [2.05, 4.69) is 5.32 Å². The van der Waals surface area contributed by atoms with Gasteiger partial charge in [-0.3, -0.25) is 4.79 Å². The minimum Gasteiger partial charge on any atom is -0.493 e. The van der Waals surface area contributed by atoms with Crippen molar-refractivity contribution in [2.75, 3.05) is 13.7 Å². The molecule has 0 aliphatic rings. The van der Waals surface area contributed by atoms with Crippen molar-refractivity contribution in [2.45, 2.75) is 19.4 Å². The number of carboxylic acid groups (broad SMARTS) is 1. The molecule has 0 saturated carbocycles. The molecule has 0 spiro atoms. The third-order valence-electron chi connectivity index (χ3n) is 2.40. The smallest absolute Gasteiger partial charge is 0.320 e. The Hall–Kier alpha value is -1.55. The molecule has 16 heavy (non-hydrogen) atoms. The summed E-state index contributed by atoms with van der Waals surface area (Å²) < 4.78 is 5.52. The van der Waals surface area contributed by atoms with E-state index in [4.69, 9.17) is 9.84 Å². The molecule has 1 unspecified atom stereocenters. The fourth-order valence-electron chi connectivity index (χ4n) is 1.40. The van der Waals surface area contributed by atoms with Crippen LogP contribution in [-0.4, -0.2) is 30.8 Å². The molecular formula is C12H17NO3. The van der Waals surface area contributed by atoms with Gasteiger partial charge in [0, 0.05) is 6.42 Å². The number of rotatable bonds is 6. The quantitative estimate of drug-likeness (QED) is 0.766. The van der Waals surface area contributed by atoms with Crippen molar-refractivity contribution in [1.29, 1.82) is 0 Å². The lowest BCUT2D eigenvalue weighted by Gasteiger charge is -2.12. The molecule has 0 radical (unpaired) electrons. The Labute approximate surface area is 95.2 Å². The number of likely N-dealkylation sites (N-methyl/N-ethyl adjacent to an activating group) is 1. The standard InChI is InChI=1S/C12H17NO3/c1-9-5-3-4-6-11(9)16-8-7-10(13-2)12(14)15/h3-6,10,13H,7-8H2,1-2H3,(H,14,15). The summed E-state index contributed by atoms with van der Waals surface area (Å²) in [5.41, 5.74) is 1.05. The van der Waals surface area contributed by atoms with Crippen molar-refractivity contribution < 1.29 is 14.6 Å². The molecule has 0 amide bonds. The van der Waals surface area contributed by atoms with Crippen LogP contribution in [0.5, 0.6) is 5.75 Å². The second-order valence-electron chi connectivity index (χ2n) is 3.58. The number of carbonyl (C=O) groups is 1. The fourth-order valence-corrected chi connectivity index (χ4v) is 1.40. The van der Waals surface area contributed by atoms with Gasteiger partial charge >= 0.3 is 5.97 Å². The summed E-state index contributed by atoms with van der Waals surface area (Å²) in [6.45, 7) is 2.35. The number of aryl methyl sites for hydroxylation is 1. The zero-order chi connectivity index (χ0) is 12.0. The van der Waals surface area contributed by atoms with E-state index in [1.165, 1.54) is 0 Å². The zero-order valence-corrected chi connectivity index (χ0v) is 9.56. The van der Waals surface area contributed by atoms with E-state index in [9.17, 15) is 4.79 Å². The Morgan fingerprint density at radius 1 is 1.50 bits per heavy atom. The van der Waals surface area contributed by atoms with Crippen molar-refractivity contribution in [2.24, 2.45) is 0 Å². The van der Waals surface area contributed by atoms with Crippen LogP contribution in [0.3, 0.4) is 0 Å². The molecule has 0 fully saturated rings. The molecule has 2 N–H and O–H groups in total. The van der Waals surface area contributed by atoms with E-state index in [1.807, 2.05) is 31.2 Å². The Morgan fingerprint density at radius 2 is 2.19 bits per heavy atom. The topological polar surface area (TPSA) is 58.6 Å². The molecule has 0 heterocycles. The van der Waals surface area contributed by atoms with Crippen LogP contribution in [0.25, 0.3) is 0 Å². The summed E-state index contributed by atoms with van der Waals surface area (Å²) in [4.78, 5) is 10.7. The molecule has 1 aromatic carbocycles. The van der Waals surface area contributed by atoms with Crippen molar-refractivity contribution in [3.8, 4) is 5.75 Å². The van der Waals surface area contributed by atoms with Gasteiger partial charge in [0.2, 0.25) is 0 Å². The summed E-state index contributed by atoms with van der Waals surface area (Å²) in [6, 6.07) is 7.13. The lowest BCUT2D eigenvalue weighted by molar-refractivity contribution is -0.139. The van der Waals surface area contributed by atoms with E-state index >= 15 is 0 Å². The minimum atomic E-state index is -0.851. The van der Waals surface area contributed by atoms with Crippen LogP contribution < -0.4 is 10.1 Å². The molecule has 0 saturated heterocycles. The highest BCUT2D eigenvalue weighted by Crippen LogP contribution is 2.16. The lowest BCUT2D eigenvalue weighted by Crippen LogP contribution is -2.35. The Morgan fingerprint density at radius 3 is 2.75 bits per heavy atom. The van der Waals surface area contributed by atoms with E-state index in [1.54, 1.807) is 7.05 Å². The summed E-state index contributed by atoms with van der Waals surface area (Å²) in [5, 5.41) is 11.5. The van der Waals surface area contributed by atoms with Crippen molar-refractivity contribution in [1.82, 2.24) is 5.32 Å². The lowest BCUT2D eigenvalue weighted by atomic mass is 10.2. The molecule has 4 nitrogen and oxygen atoms in total. The number of benzene rings is 1. The highest BCUT2D eigenvalue weighted by Gasteiger charge is 2.14. The number of hydrogen-bond donors (Lipinski definition) is 2. The highest BCUT2D eigenvalue weighted by molar-refractivity contribution is 5.73. The second-order valence-corrected chi connectivity index (χ2v) is 3.58. The van der Waals surface area contributed by atoms with Crippen LogP contribution in [0.4, 0.5) is 0 Å². The van der Waals surface area contributed by atoms with Gasteiger partial charge in [0.15, 0.2) is 0 Å². The molecule has 4 heteroatoms. The van der Waals surface area contributed by atoms with Gasteiger partial charge in [-0.2, -0.15) is 0 Å². The van der Waals surface area contributed by atoms with Crippen LogP contribution in [0.15, 0.2) is 24.3 Å². The molecule has 1 atom stereocenters. The highest BCUT2D eigenvalue weighted by atomic mass is 16.5. The summed E-state index contributed by atoms with van der Waals surface area (Å²) in [7, 11) is 1.63. The molecule has 0 bridgehead atoms. The maximum Gasteiger partial charge on any atom is 0.320 e. The number of ether oxygens (including phenoxy) is 1. The van der Waals surface area contributed by atoms with E-state index in [-0.39, 0.29) is 0 Å². The third kappa shape index (κ3) is 3.55. The maximum atomic E-state index is 10.7. The van der Waals surface area contributed by atoms with E-state index < -0.39 is 12.0 Å². The number of aliphatic carboxylic acids is 1. The largest absolute Gasteiger partial charge is 0.493 e. The first kappa shape index (κ1) is 12.5. The summed E-state index contributed by atoms with van der Waals surface area (Å²) in [6.07, 6.45) is 0.445. The minimum absolute atomic E-state index is 0.392. The molecule has 1 aromatic rings. The molecular weight excluding hydrogens is 206 g/mol. The molecule has 1 rings (SSSR count). The van der Waals surface area contributed by atoms with E-state index in [0.29, 0.717) is 13.0 Å². The molecule has 88 valence electrons. The SMILES string of the molecule is CNC(CCOc1ccccc1C)C(=O)O. The predicted octanol–water partition coefficient (Wildman–Crippen LogP) is 1.44. The number of carboxylic acids is 1. The van der Waals surface area contributed by atoms with Gasteiger partial charge in [0.25, 0.3) is 0 Å². The Balaban J connectivity index is 2.41. The first-order valence-electron chi connectivity index (χ1n) is 5.23. The number of hydrogen-bond acceptors (Lipinski definition) is 3. The van der Waals surface area contributed by atoms with Crippen LogP contribution in [0, 0.1) is 6.92 Å². The van der Waals surface area contributed by atoms with Crippen LogP contribution in [-0.2, 0) is 4.79 Å². The van der Waals surface area contributed by atoms with Crippen molar-refractivity contribution in [3.63, 3.8) is 0 Å². The van der Waals surface area contributed by atoms with Gasteiger partial charge in [-0.05, 0) is 25.6 Å². The Bertz CT molecular complexity index is 352. The monoisotopic (exact) mass is 223 g/mol. The first-order chi connectivity index (χ1) is 7.65. The maximum absolute atomic E-state index is 10.7. The van der Waals surface area contributed by atoms with Gasteiger partial charge in [-0.25, -0.2) is 0 Å². The summed E-state index contributed by atoms with van der Waals surface area (Å²) >= 11 is 0. The average molecular weight is 223 g/mol. The van der Waals surface area contributed by atoms with E-state index in [0.717, 1.165) is 11.3 Å². The zero-order valence-electron chi connectivity index (χ0n) is 9.56. The Kier molecular flexibility index (Phi) is 4.79. The van der Waals surface area contributed by atoms with Crippen molar-refractivity contribution >= 4 is 5.97 Å². The number of nitrogens with one attached hydrogen (secondary N) is 1. The predicted molar refractivity (Wildman–Crippen MR) is 61.8 cm³/mol. The van der Waals surface area contributed by atoms with Crippen LogP contribution in [0.1, 0.15) is 12.0 Å². The average Bonchev–Trinajstić information content (AvgIpc) is 2.26. The fraction of sp³-hybridized carbons (Fsp3) is 0.417. The first-order valence-corrected chi connectivity index (χ1v) is 5.23. The van der Waals surface area contributed by atoms with Crippen LogP contribution in [0.2, 0.25) is 0 Å².